The van der Waals surface area contributed by atoms with E-state index < -0.39 is 0 Å². The Morgan fingerprint density at radius 1 is 1.48 bits per heavy atom. The Bertz CT molecular complexity index is 467. The van der Waals surface area contributed by atoms with Crippen molar-refractivity contribution in [1.29, 1.82) is 0 Å². The normalized spacial score (nSPS) is 19.3. The van der Waals surface area contributed by atoms with Crippen molar-refractivity contribution >= 4 is 29.9 Å². The van der Waals surface area contributed by atoms with Gasteiger partial charge in [-0.15, -0.1) is 24.0 Å². The van der Waals surface area contributed by atoms with Crippen molar-refractivity contribution in [3.63, 3.8) is 0 Å². The highest BCUT2D eigenvalue weighted by Crippen LogP contribution is 2.15. The molecule has 1 aliphatic heterocycles. The molecule has 4 nitrogen and oxygen atoms in total. The minimum atomic E-state index is -0.239. The van der Waals surface area contributed by atoms with E-state index in [9.17, 15) is 4.39 Å². The van der Waals surface area contributed by atoms with Crippen LogP contribution in [0.5, 0.6) is 0 Å². The Morgan fingerprint density at radius 2 is 2.24 bits per heavy atom. The second-order valence-corrected chi connectivity index (χ2v) is 5.10. The molecule has 1 unspecified atom stereocenters. The van der Waals surface area contributed by atoms with Gasteiger partial charge in [0.1, 0.15) is 5.82 Å². The molecule has 21 heavy (non-hydrogen) atoms. The Labute approximate surface area is 143 Å². The number of nitrogens with two attached hydrogens (primary N) is 1. The number of likely N-dealkylation sites (N-methyl/N-ethyl adjacent to an activating group) is 1. The van der Waals surface area contributed by atoms with E-state index in [1.807, 2.05) is 0 Å². The van der Waals surface area contributed by atoms with Gasteiger partial charge in [-0.3, -0.25) is 4.90 Å². The first-order chi connectivity index (χ1) is 9.70. The van der Waals surface area contributed by atoms with Crippen LogP contribution in [0.4, 0.5) is 4.39 Å². The largest absolute Gasteiger partial charge is 0.370 e. The highest BCUT2D eigenvalue weighted by Gasteiger charge is 2.22. The zero-order valence-corrected chi connectivity index (χ0v) is 14.7. The number of halogens is 2. The molecule has 118 valence electrons. The Balaban J connectivity index is 0.00000220. The molecule has 1 aliphatic rings. The van der Waals surface area contributed by atoms with Crippen LogP contribution in [0, 0.1) is 5.82 Å². The van der Waals surface area contributed by atoms with Gasteiger partial charge in [0, 0.05) is 18.2 Å². The summed E-state index contributed by atoms with van der Waals surface area (Å²) in [5.74, 6) is 0.146. The smallest absolute Gasteiger partial charge is 0.188 e. The highest BCUT2D eigenvalue weighted by molar-refractivity contribution is 14.0. The van der Waals surface area contributed by atoms with E-state index in [2.05, 4.69) is 22.1 Å². The van der Waals surface area contributed by atoms with Gasteiger partial charge >= 0.3 is 0 Å². The summed E-state index contributed by atoms with van der Waals surface area (Å²) in [4.78, 5) is 6.63. The first-order valence-electron chi connectivity index (χ1n) is 7.22. The van der Waals surface area contributed by atoms with Gasteiger partial charge in [0.05, 0.1) is 6.54 Å². The summed E-state index contributed by atoms with van der Waals surface area (Å²) in [6.45, 7) is 5.48. The van der Waals surface area contributed by atoms with Crippen molar-refractivity contribution in [3.8, 4) is 0 Å². The molecule has 0 bridgehead atoms. The van der Waals surface area contributed by atoms with Crippen LogP contribution in [0.25, 0.3) is 0 Å². The van der Waals surface area contributed by atoms with E-state index in [4.69, 9.17) is 5.73 Å². The molecule has 0 aromatic heterocycles. The first-order valence-corrected chi connectivity index (χ1v) is 7.22. The van der Waals surface area contributed by atoms with E-state index in [1.54, 1.807) is 18.2 Å². The lowest BCUT2D eigenvalue weighted by atomic mass is 10.2. The summed E-state index contributed by atoms with van der Waals surface area (Å²) < 4.78 is 13.4. The third-order valence-electron chi connectivity index (χ3n) is 3.80. The van der Waals surface area contributed by atoms with Crippen molar-refractivity contribution in [3.05, 3.63) is 35.6 Å². The average Bonchev–Trinajstić information content (AvgIpc) is 2.91. The first kappa shape index (κ1) is 18.2. The van der Waals surface area contributed by atoms with Gasteiger partial charge in [-0.05, 0) is 32.0 Å². The number of hydrogen-bond acceptors (Lipinski definition) is 2. The maximum absolute atomic E-state index is 13.4. The average molecular weight is 406 g/mol. The van der Waals surface area contributed by atoms with Crippen LogP contribution >= 0.6 is 24.0 Å². The number of hydrogen-bond donors (Lipinski definition) is 2. The summed E-state index contributed by atoms with van der Waals surface area (Å²) in [6.07, 6.45) is 2.44. The zero-order chi connectivity index (χ0) is 14.4. The topological polar surface area (TPSA) is 53.6 Å². The van der Waals surface area contributed by atoms with Crippen molar-refractivity contribution in [2.75, 3.05) is 19.6 Å². The highest BCUT2D eigenvalue weighted by atomic mass is 127. The quantitative estimate of drug-likeness (QED) is 0.449. The summed E-state index contributed by atoms with van der Waals surface area (Å²) in [5, 5.41) is 3.14. The number of nitrogens with one attached hydrogen (secondary N) is 1. The summed E-state index contributed by atoms with van der Waals surface area (Å²) in [7, 11) is 0. The lowest BCUT2D eigenvalue weighted by Gasteiger charge is -2.23. The molecule has 0 spiro atoms. The van der Waals surface area contributed by atoms with Crippen LogP contribution in [0.3, 0.4) is 0 Å². The number of guanidine groups is 1. The number of nitrogens with zero attached hydrogens (tertiary/aromatic N) is 2. The number of benzene rings is 1. The molecule has 0 aliphatic carbocycles. The minimum Gasteiger partial charge on any atom is -0.370 e. The van der Waals surface area contributed by atoms with Gasteiger partial charge in [0.15, 0.2) is 5.96 Å². The number of rotatable bonds is 5. The predicted molar refractivity (Wildman–Crippen MR) is 95.4 cm³/mol. The Morgan fingerprint density at radius 3 is 2.95 bits per heavy atom. The fourth-order valence-corrected chi connectivity index (χ4v) is 2.62. The molecule has 1 aromatic carbocycles. The fraction of sp³-hybridized carbons (Fsp3) is 0.533. The molecule has 1 atom stereocenters. The number of aliphatic imine (C=N–C) groups is 1. The third kappa shape index (κ3) is 5.43. The maximum atomic E-state index is 13.4. The lowest BCUT2D eigenvalue weighted by molar-refractivity contribution is 0.267. The van der Waals surface area contributed by atoms with Gasteiger partial charge in [-0.1, -0.05) is 25.1 Å². The second-order valence-electron chi connectivity index (χ2n) is 5.10. The van der Waals surface area contributed by atoms with E-state index in [0.29, 0.717) is 17.6 Å². The lowest BCUT2D eigenvalue weighted by Crippen LogP contribution is -2.42. The van der Waals surface area contributed by atoms with Crippen LogP contribution in [0.2, 0.25) is 0 Å². The monoisotopic (exact) mass is 406 g/mol. The maximum Gasteiger partial charge on any atom is 0.188 e. The number of likely N-dealkylation sites (tertiary alicyclic amines) is 1. The van der Waals surface area contributed by atoms with Gasteiger partial charge in [-0.25, -0.2) is 9.38 Å². The zero-order valence-electron chi connectivity index (χ0n) is 12.4. The molecule has 3 N–H and O–H groups in total. The Hall–Kier alpha value is -0.890. The molecule has 1 fully saturated rings. The summed E-state index contributed by atoms with van der Waals surface area (Å²) in [5.41, 5.74) is 6.40. The van der Waals surface area contributed by atoms with Crippen LogP contribution in [0.15, 0.2) is 29.3 Å². The molecule has 0 saturated carbocycles. The van der Waals surface area contributed by atoms with Gasteiger partial charge in [0.25, 0.3) is 0 Å². The van der Waals surface area contributed by atoms with E-state index in [1.165, 1.54) is 18.9 Å². The van der Waals surface area contributed by atoms with Crippen LogP contribution < -0.4 is 11.1 Å². The molecular formula is C15H24FIN4. The van der Waals surface area contributed by atoms with E-state index >= 15 is 0 Å². The molecule has 1 saturated heterocycles. The standard InChI is InChI=1S/C15H23FN4.HI/c1-2-20-9-5-7-13(20)11-19-15(17)18-10-12-6-3-4-8-14(12)16;/h3-4,6,8,13H,2,5,7,9-11H2,1H3,(H3,17,18,19);1H. The van der Waals surface area contributed by atoms with E-state index in [0.717, 1.165) is 19.6 Å². The molecule has 2 rings (SSSR count). The SMILES string of the molecule is CCN1CCCC1CNC(N)=NCc1ccccc1F.I. The van der Waals surface area contributed by atoms with Gasteiger partial charge in [-0.2, -0.15) is 0 Å². The van der Waals surface area contributed by atoms with Crippen LogP contribution in [0.1, 0.15) is 25.3 Å². The minimum absolute atomic E-state index is 0. The van der Waals surface area contributed by atoms with E-state index in [-0.39, 0.29) is 36.3 Å². The van der Waals surface area contributed by atoms with Crippen molar-refractivity contribution in [2.45, 2.75) is 32.4 Å². The molecule has 1 heterocycles. The van der Waals surface area contributed by atoms with Crippen LogP contribution in [-0.4, -0.2) is 36.5 Å². The van der Waals surface area contributed by atoms with Gasteiger partial charge < -0.3 is 11.1 Å². The third-order valence-corrected chi connectivity index (χ3v) is 3.80. The summed E-state index contributed by atoms with van der Waals surface area (Å²) >= 11 is 0. The second kappa shape index (κ2) is 9.19. The van der Waals surface area contributed by atoms with Gasteiger partial charge in [0.2, 0.25) is 0 Å². The van der Waals surface area contributed by atoms with Crippen LogP contribution in [-0.2, 0) is 6.54 Å². The molecular weight excluding hydrogens is 382 g/mol. The predicted octanol–water partition coefficient (Wildman–Crippen LogP) is 2.33. The van der Waals surface area contributed by atoms with Crippen molar-refractivity contribution < 1.29 is 4.39 Å². The fourth-order valence-electron chi connectivity index (χ4n) is 2.62. The molecule has 0 radical (unpaired) electrons. The molecule has 0 amide bonds. The molecule has 6 heteroatoms. The summed E-state index contributed by atoms with van der Waals surface area (Å²) in [6, 6.07) is 7.16. The molecule has 1 aromatic rings. The van der Waals surface area contributed by atoms with Crippen molar-refractivity contribution in [2.24, 2.45) is 10.7 Å². The Kier molecular flexibility index (Phi) is 7.95. The van der Waals surface area contributed by atoms with Crippen molar-refractivity contribution in [1.82, 2.24) is 10.2 Å².